The van der Waals surface area contributed by atoms with Crippen molar-refractivity contribution in [3.63, 3.8) is 0 Å². The minimum absolute atomic E-state index is 0.366. The van der Waals surface area contributed by atoms with Gasteiger partial charge in [-0.25, -0.2) is 9.59 Å². The number of nitrogens with zero attached hydrogens (tertiary/aromatic N) is 2. The molecule has 2 aliphatic heterocycles. The van der Waals surface area contributed by atoms with E-state index in [1.165, 1.54) is 12.8 Å². The Morgan fingerprint density at radius 1 is 1.23 bits per heavy atom. The lowest BCUT2D eigenvalue weighted by Crippen LogP contribution is -2.51. The Kier molecular flexibility index (Phi) is 8.07. The van der Waals surface area contributed by atoms with Gasteiger partial charge in [0, 0.05) is 39.3 Å². The molecule has 0 bridgehead atoms. The van der Waals surface area contributed by atoms with E-state index in [1.54, 1.807) is 0 Å². The minimum atomic E-state index is -1.82. The van der Waals surface area contributed by atoms with E-state index < -0.39 is 11.9 Å². The van der Waals surface area contributed by atoms with Crippen molar-refractivity contribution in [1.29, 1.82) is 0 Å². The first-order chi connectivity index (χ1) is 10.4. The van der Waals surface area contributed by atoms with Crippen molar-refractivity contribution in [3.8, 4) is 0 Å². The van der Waals surface area contributed by atoms with Crippen LogP contribution in [0.1, 0.15) is 12.8 Å². The molecule has 1 unspecified atom stereocenters. The number of hydrogen-bond acceptors (Lipinski definition) is 5. The zero-order valence-electron chi connectivity index (χ0n) is 12.7. The van der Waals surface area contributed by atoms with Gasteiger partial charge in [-0.2, -0.15) is 0 Å². The Balaban J connectivity index is 0.000000346. The average Bonchev–Trinajstić information content (AvgIpc) is 2.99. The summed E-state index contributed by atoms with van der Waals surface area (Å²) in [7, 11) is 2.15. The molecule has 2 saturated heterocycles. The Bertz CT molecular complexity index is 381. The van der Waals surface area contributed by atoms with Crippen LogP contribution in [0.3, 0.4) is 0 Å². The van der Waals surface area contributed by atoms with Crippen molar-refractivity contribution in [3.05, 3.63) is 0 Å². The zero-order chi connectivity index (χ0) is 16.5. The van der Waals surface area contributed by atoms with E-state index >= 15 is 0 Å². The largest absolute Gasteiger partial charge is 0.473 e. The molecule has 1 atom stereocenters. The van der Waals surface area contributed by atoms with Crippen molar-refractivity contribution in [2.24, 2.45) is 0 Å². The number of thiocarbonyl (C=S) groups is 1. The molecule has 0 aromatic carbocycles. The molecule has 0 aromatic heterocycles. The van der Waals surface area contributed by atoms with Gasteiger partial charge in [0.2, 0.25) is 0 Å². The Morgan fingerprint density at radius 2 is 1.82 bits per heavy atom. The molecular formula is C13H23N3O5S. The van der Waals surface area contributed by atoms with Crippen LogP contribution in [0.2, 0.25) is 0 Å². The number of likely N-dealkylation sites (N-methyl/N-ethyl adjacent to an activating group) is 1. The molecule has 0 saturated carbocycles. The summed E-state index contributed by atoms with van der Waals surface area (Å²) < 4.78 is 5.56. The van der Waals surface area contributed by atoms with Crippen molar-refractivity contribution in [2.75, 3.05) is 46.4 Å². The fraction of sp³-hybridized carbons (Fsp3) is 0.769. The summed E-state index contributed by atoms with van der Waals surface area (Å²) in [6.07, 6.45) is 2.72. The topological polar surface area (TPSA) is 102 Å². The van der Waals surface area contributed by atoms with Crippen molar-refractivity contribution >= 4 is 29.3 Å². The maximum absolute atomic E-state index is 9.10. The van der Waals surface area contributed by atoms with Crippen LogP contribution in [0.4, 0.5) is 0 Å². The second-order valence-corrected chi connectivity index (χ2v) is 5.61. The number of ether oxygens (including phenoxy) is 1. The quantitative estimate of drug-likeness (QED) is 0.453. The van der Waals surface area contributed by atoms with Crippen LogP contribution < -0.4 is 5.32 Å². The van der Waals surface area contributed by atoms with Crippen molar-refractivity contribution in [2.45, 2.75) is 18.9 Å². The van der Waals surface area contributed by atoms with Gasteiger partial charge in [-0.3, -0.25) is 0 Å². The highest BCUT2D eigenvalue weighted by Crippen LogP contribution is 2.10. The van der Waals surface area contributed by atoms with E-state index in [0.29, 0.717) is 6.10 Å². The van der Waals surface area contributed by atoms with Crippen molar-refractivity contribution in [1.82, 2.24) is 15.1 Å². The monoisotopic (exact) mass is 333 g/mol. The summed E-state index contributed by atoms with van der Waals surface area (Å²) >= 11 is 5.39. The molecule has 2 rings (SSSR count). The van der Waals surface area contributed by atoms with Gasteiger partial charge < -0.3 is 30.1 Å². The molecule has 0 amide bonds. The number of nitrogens with one attached hydrogen (secondary N) is 1. The van der Waals surface area contributed by atoms with Gasteiger partial charge in [-0.1, -0.05) is 0 Å². The Labute approximate surface area is 135 Å². The lowest BCUT2D eigenvalue weighted by Gasteiger charge is -2.34. The first-order valence-corrected chi connectivity index (χ1v) is 7.60. The van der Waals surface area contributed by atoms with Crippen LogP contribution in [-0.4, -0.2) is 89.5 Å². The average molecular weight is 333 g/mol. The smallest absolute Gasteiger partial charge is 0.414 e. The number of piperazine rings is 1. The number of hydrogen-bond donors (Lipinski definition) is 3. The normalized spacial score (nSPS) is 21.7. The second-order valence-electron chi connectivity index (χ2n) is 5.22. The van der Waals surface area contributed by atoms with Crippen LogP contribution >= 0.6 is 12.2 Å². The second kappa shape index (κ2) is 9.54. The summed E-state index contributed by atoms with van der Waals surface area (Å²) in [5.41, 5.74) is 0. The van der Waals surface area contributed by atoms with Gasteiger partial charge >= 0.3 is 11.9 Å². The predicted molar refractivity (Wildman–Crippen MR) is 83.9 cm³/mol. The number of carboxylic acids is 2. The Hall–Kier alpha value is -1.45. The van der Waals surface area contributed by atoms with E-state index in [4.69, 9.17) is 36.8 Å². The van der Waals surface area contributed by atoms with E-state index in [1.807, 2.05) is 0 Å². The highest BCUT2D eigenvalue weighted by Gasteiger charge is 2.19. The molecule has 8 nitrogen and oxygen atoms in total. The summed E-state index contributed by atoms with van der Waals surface area (Å²) in [6, 6.07) is 0. The fourth-order valence-corrected chi connectivity index (χ4v) is 2.39. The third-order valence-electron chi connectivity index (χ3n) is 3.48. The van der Waals surface area contributed by atoms with Crippen LogP contribution in [-0.2, 0) is 14.3 Å². The van der Waals surface area contributed by atoms with E-state index in [-0.39, 0.29) is 0 Å². The highest BCUT2D eigenvalue weighted by molar-refractivity contribution is 7.80. The molecule has 0 radical (unpaired) electrons. The minimum Gasteiger partial charge on any atom is -0.473 e. The number of carboxylic acid groups (broad SMARTS) is 2. The summed E-state index contributed by atoms with van der Waals surface area (Å²) in [6.45, 7) is 6.05. The van der Waals surface area contributed by atoms with Gasteiger partial charge in [0.25, 0.3) is 0 Å². The fourth-order valence-electron chi connectivity index (χ4n) is 2.13. The molecule has 0 spiro atoms. The predicted octanol–water partition coefficient (Wildman–Crippen LogP) is -0.557. The molecule has 126 valence electrons. The summed E-state index contributed by atoms with van der Waals surface area (Å²) in [4.78, 5) is 22.8. The van der Waals surface area contributed by atoms with E-state index in [2.05, 4.69) is 22.2 Å². The molecule has 2 aliphatic rings. The Morgan fingerprint density at radius 3 is 2.27 bits per heavy atom. The van der Waals surface area contributed by atoms with Crippen LogP contribution in [0.15, 0.2) is 0 Å². The maximum atomic E-state index is 9.10. The maximum Gasteiger partial charge on any atom is 0.414 e. The lowest BCUT2D eigenvalue weighted by molar-refractivity contribution is -0.159. The first kappa shape index (κ1) is 18.6. The molecule has 9 heteroatoms. The first-order valence-electron chi connectivity index (χ1n) is 7.19. The molecule has 2 heterocycles. The van der Waals surface area contributed by atoms with Gasteiger partial charge in [-0.05, 0) is 32.1 Å². The molecule has 22 heavy (non-hydrogen) atoms. The van der Waals surface area contributed by atoms with Gasteiger partial charge in [0.1, 0.15) is 0 Å². The SMILES string of the molecule is CN1CCN(C(=S)NCC2CCCO2)CC1.O=C(O)C(=O)O. The molecule has 2 fully saturated rings. The van der Waals surface area contributed by atoms with Crippen LogP contribution in [0.25, 0.3) is 0 Å². The lowest BCUT2D eigenvalue weighted by atomic mass is 10.2. The standard InChI is InChI=1S/C11H21N3OS.C2H2O4/c1-13-4-6-14(7-5-13)11(16)12-9-10-3-2-8-15-10;3-1(4)2(5)6/h10H,2-9H2,1H3,(H,12,16);(H,3,4)(H,5,6). The molecule has 3 N–H and O–H groups in total. The molecular weight excluding hydrogens is 310 g/mol. The van der Waals surface area contributed by atoms with E-state index in [0.717, 1.165) is 44.4 Å². The third kappa shape index (κ3) is 7.01. The van der Waals surface area contributed by atoms with E-state index in [9.17, 15) is 0 Å². The zero-order valence-corrected chi connectivity index (χ0v) is 13.5. The van der Waals surface area contributed by atoms with Crippen LogP contribution in [0, 0.1) is 0 Å². The summed E-state index contributed by atoms with van der Waals surface area (Å²) in [5, 5.41) is 19.0. The van der Waals surface area contributed by atoms with Crippen LogP contribution in [0.5, 0.6) is 0 Å². The number of aliphatic carboxylic acids is 2. The number of carbonyl (C=O) groups is 2. The molecule has 0 aliphatic carbocycles. The van der Waals surface area contributed by atoms with Crippen molar-refractivity contribution < 1.29 is 24.5 Å². The number of rotatable bonds is 2. The third-order valence-corrected chi connectivity index (χ3v) is 3.88. The van der Waals surface area contributed by atoms with Gasteiger partial charge in [0.05, 0.1) is 6.10 Å². The van der Waals surface area contributed by atoms with Gasteiger partial charge in [0.15, 0.2) is 5.11 Å². The van der Waals surface area contributed by atoms with Gasteiger partial charge in [-0.15, -0.1) is 0 Å². The molecule has 0 aromatic rings. The highest BCUT2D eigenvalue weighted by atomic mass is 32.1. The summed E-state index contributed by atoms with van der Waals surface area (Å²) in [5.74, 6) is -3.65.